The van der Waals surface area contributed by atoms with Crippen LogP contribution in [0.4, 0.5) is 11.8 Å². The van der Waals surface area contributed by atoms with E-state index in [1.165, 1.54) is 0 Å². The van der Waals surface area contributed by atoms with E-state index in [0.29, 0.717) is 30.2 Å². The van der Waals surface area contributed by atoms with Crippen LogP contribution in [-0.4, -0.2) is 72.9 Å². The van der Waals surface area contributed by atoms with Crippen LogP contribution in [0.1, 0.15) is 59.8 Å². The molecule has 0 aliphatic heterocycles. The fourth-order valence-corrected chi connectivity index (χ4v) is 3.69. The smallest absolute Gasteiger partial charge is 0.338 e. The predicted molar refractivity (Wildman–Crippen MR) is 134 cm³/mol. The summed E-state index contributed by atoms with van der Waals surface area (Å²) in [5, 5.41) is 13.0. The van der Waals surface area contributed by atoms with Gasteiger partial charge in [-0.2, -0.15) is 4.98 Å². The van der Waals surface area contributed by atoms with Crippen molar-refractivity contribution in [2.75, 3.05) is 52.0 Å². The second-order valence-corrected chi connectivity index (χ2v) is 8.66. The van der Waals surface area contributed by atoms with Crippen molar-refractivity contribution in [3.63, 3.8) is 0 Å². The molecule has 9 heteroatoms. The van der Waals surface area contributed by atoms with E-state index in [4.69, 9.17) is 15.2 Å². The molecule has 1 unspecified atom stereocenters. The van der Waals surface area contributed by atoms with Crippen LogP contribution in [0, 0.1) is 6.92 Å². The zero-order valence-electron chi connectivity index (χ0n) is 21.1. The number of aromatic nitrogens is 2. The van der Waals surface area contributed by atoms with E-state index in [1.807, 2.05) is 27.1 Å². The molecule has 34 heavy (non-hydrogen) atoms. The number of nitrogens with one attached hydrogen (secondary N) is 1. The summed E-state index contributed by atoms with van der Waals surface area (Å²) >= 11 is 0. The molecule has 2 aromatic rings. The third-order valence-corrected chi connectivity index (χ3v) is 5.55. The van der Waals surface area contributed by atoms with Crippen molar-refractivity contribution in [3.05, 3.63) is 40.6 Å². The Morgan fingerprint density at radius 1 is 1.26 bits per heavy atom. The van der Waals surface area contributed by atoms with Gasteiger partial charge in [-0.25, -0.2) is 9.78 Å². The monoisotopic (exact) mass is 473 g/mol. The summed E-state index contributed by atoms with van der Waals surface area (Å²) in [5.74, 6) is 0.985. The fourth-order valence-electron chi connectivity index (χ4n) is 3.69. The molecular weight excluding hydrogens is 434 g/mol. The molecule has 4 N–H and O–H groups in total. The third kappa shape index (κ3) is 8.14. The van der Waals surface area contributed by atoms with Gasteiger partial charge >= 0.3 is 5.97 Å². The van der Waals surface area contributed by atoms with E-state index in [-0.39, 0.29) is 24.6 Å². The summed E-state index contributed by atoms with van der Waals surface area (Å²) in [6.45, 7) is 5.28. The molecule has 0 aliphatic rings. The predicted octanol–water partition coefficient (Wildman–Crippen LogP) is 3.04. The SMILES string of the molecule is CCCC(CO)Nc1nc(N)nc(C)c1Cc1ccc(C(=O)OCCCCN(C)C)cc1OC. The van der Waals surface area contributed by atoms with E-state index in [2.05, 4.69) is 27.1 Å². The van der Waals surface area contributed by atoms with Gasteiger partial charge in [0.25, 0.3) is 0 Å². The number of hydrogen-bond donors (Lipinski definition) is 3. The van der Waals surface area contributed by atoms with Crippen LogP contribution in [0.15, 0.2) is 18.2 Å². The molecule has 0 saturated heterocycles. The molecule has 0 spiro atoms. The topological polar surface area (TPSA) is 123 Å². The summed E-state index contributed by atoms with van der Waals surface area (Å²) in [5.41, 5.74) is 8.81. The van der Waals surface area contributed by atoms with Crippen LogP contribution < -0.4 is 15.8 Å². The number of carbonyl (C=O) groups excluding carboxylic acids is 1. The highest BCUT2D eigenvalue weighted by Crippen LogP contribution is 2.28. The fraction of sp³-hybridized carbons (Fsp3) is 0.560. The van der Waals surface area contributed by atoms with Crippen molar-refractivity contribution in [1.29, 1.82) is 0 Å². The van der Waals surface area contributed by atoms with Crippen molar-refractivity contribution >= 4 is 17.7 Å². The number of unbranched alkanes of at least 4 members (excludes halogenated alkanes) is 1. The number of esters is 1. The van der Waals surface area contributed by atoms with Crippen LogP contribution in [-0.2, 0) is 11.2 Å². The lowest BCUT2D eigenvalue weighted by Crippen LogP contribution is -2.25. The van der Waals surface area contributed by atoms with Gasteiger partial charge in [-0.15, -0.1) is 0 Å². The minimum Gasteiger partial charge on any atom is -0.496 e. The molecule has 0 amide bonds. The molecule has 9 nitrogen and oxygen atoms in total. The van der Waals surface area contributed by atoms with Gasteiger partial charge in [0, 0.05) is 17.7 Å². The maximum absolute atomic E-state index is 12.5. The van der Waals surface area contributed by atoms with Gasteiger partial charge < -0.3 is 30.5 Å². The number of hydrogen-bond acceptors (Lipinski definition) is 9. The molecule has 2 rings (SSSR count). The quantitative estimate of drug-likeness (QED) is 0.281. The van der Waals surface area contributed by atoms with Gasteiger partial charge in [-0.05, 0) is 64.5 Å². The molecule has 1 aromatic carbocycles. The lowest BCUT2D eigenvalue weighted by Gasteiger charge is -2.20. The average molecular weight is 474 g/mol. The molecule has 1 aromatic heterocycles. The molecule has 0 saturated carbocycles. The highest BCUT2D eigenvalue weighted by Gasteiger charge is 2.18. The largest absolute Gasteiger partial charge is 0.496 e. The van der Waals surface area contributed by atoms with Crippen LogP contribution in [0.3, 0.4) is 0 Å². The summed E-state index contributed by atoms with van der Waals surface area (Å²) in [6.07, 6.45) is 3.99. The Hall–Kier alpha value is -2.91. The van der Waals surface area contributed by atoms with Gasteiger partial charge in [-0.3, -0.25) is 0 Å². The van der Waals surface area contributed by atoms with Gasteiger partial charge in [-0.1, -0.05) is 19.4 Å². The maximum Gasteiger partial charge on any atom is 0.338 e. The van der Waals surface area contributed by atoms with Gasteiger partial charge in [0.15, 0.2) is 0 Å². The Kier molecular flexibility index (Phi) is 11.0. The van der Waals surface area contributed by atoms with Crippen molar-refractivity contribution in [2.45, 2.75) is 52.0 Å². The molecule has 0 fully saturated rings. The minimum atomic E-state index is -0.366. The van der Waals surface area contributed by atoms with E-state index in [9.17, 15) is 9.90 Å². The Balaban J connectivity index is 2.18. The number of nitrogens with zero attached hydrogens (tertiary/aromatic N) is 3. The molecular formula is C25H39N5O4. The zero-order valence-corrected chi connectivity index (χ0v) is 21.1. The first-order chi connectivity index (χ1) is 16.3. The van der Waals surface area contributed by atoms with Crippen LogP contribution in [0.2, 0.25) is 0 Å². The third-order valence-electron chi connectivity index (χ3n) is 5.55. The number of ether oxygens (including phenoxy) is 2. The zero-order chi connectivity index (χ0) is 25.1. The van der Waals surface area contributed by atoms with Crippen molar-refractivity contribution in [2.24, 2.45) is 0 Å². The normalized spacial score (nSPS) is 12.0. The molecule has 0 bridgehead atoms. The number of benzene rings is 1. The van der Waals surface area contributed by atoms with Gasteiger partial charge in [0.05, 0.1) is 31.9 Å². The number of methoxy groups -OCH3 is 1. The molecule has 1 atom stereocenters. The average Bonchev–Trinajstić information content (AvgIpc) is 2.80. The van der Waals surface area contributed by atoms with E-state index >= 15 is 0 Å². The van der Waals surface area contributed by atoms with Crippen molar-refractivity contribution < 1.29 is 19.4 Å². The lowest BCUT2D eigenvalue weighted by atomic mass is 10.0. The summed E-state index contributed by atoms with van der Waals surface area (Å²) < 4.78 is 11.0. The number of aliphatic hydroxyl groups excluding tert-OH is 1. The number of anilines is 2. The Bertz CT molecular complexity index is 936. The number of aryl methyl sites for hydroxylation is 1. The number of nitrogen functional groups attached to an aromatic ring is 1. The first-order valence-corrected chi connectivity index (χ1v) is 11.8. The number of nitrogens with two attached hydrogens (primary N) is 1. The second-order valence-electron chi connectivity index (χ2n) is 8.66. The van der Waals surface area contributed by atoms with Crippen LogP contribution in [0.5, 0.6) is 5.75 Å². The number of carbonyl (C=O) groups is 1. The Morgan fingerprint density at radius 3 is 2.68 bits per heavy atom. The van der Waals surface area contributed by atoms with Gasteiger partial charge in [0.1, 0.15) is 11.6 Å². The van der Waals surface area contributed by atoms with E-state index < -0.39 is 0 Å². The van der Waals surface area contributed by atoms with E-state index in [1.54, 1.807) is 19.2 Å². The first-order valence-electron chi connectivity index (χ1n) is 11.8. The highest BCUT2D eigenvalue weighted by molar-refractivity contribution is 5.90. The standard InChI is InChI=1S/C25H39N5O4/c1-6-9-20(16-31)28-23-21(17(2)27-25(26)29-23)14-18-10-11-19(15-22(18)33-5)24(32)34-13-8-7-12-30(3)4/h10-11,15,20,31H,6-9,12-14,16H2,1-5H3,(H3,26,27,28,29). The Morgan fingerprint density at radius 2 is 2.03 bits per heavy atom. The Labute approximate surface area is 202 Å². The molecule has 0 aliphatic carbocycles. The van der Waals surface area contributed by atoms with Gasteiger partial charge in [0.2, 0.25) is 5.95 Å². The van der Waals surface area contributed by atoms with Crippen molar-refractivity contribution in [1.82, 2.24) is 14.9 Å². The highest BCUT2D eigenvalue weighted by atomic mass is 16.5. The lowest BCUT2D eigenvalue weighted by molar-refractivity contribution is 0.0496. The van der Waals surface area contributed by atoms with Crippen LogP contribution in [0.25, 0.3) is 0 Å². The summed E-state index contributed by atoms with van der Waals surface area (Å²) in [6, 6.07) is 5.17. The molecule has 188 valence electrons. The molecule has 1 heterocycles. The summed E-state index contributed by atoms with van der Waals surface area (Å²) in [7, 11) is 5.61. The molecule has 0 radical (unpaired) electrons. The summed E-state index contributed by atoms with van der Waals surface area (Å²) in [4.78, 5) is 23.3. The van der Waals surface area contributed by atoms with Crippen LogP contribution >= 0.6 is 0 Å². The number of aliphatic hydroxyl groups is 1. The van der Waals surface area contributed by atoms with E-state index in [0.717, 1.165) is 49.0 Å². The second kappa shape index (κ2) is 13.7. The number of rotatable bonds is 14. The maximum atomic E-state index is 12.5. The van der Waals surface area contributed by atoms with Crippen molar-refractivity contribution in [3.8, 4) is 5.75 Å². The minimum absolute atomic E-state index is 0.00842. The first kappa shape index (κ1) is 27.3.